The van der Waals surface area contributed by atoms with Crippen LogP contribution in [0.3, 0.4) is 0 Å². The Morgan fingerprint density at radius 3 is 2.25 bits per heavy atom. The minimum atomic E-state index is -0.448. The largest absolute Gasteiger partial charge is 0.354 e. The van der Waals surface area contributed by atoms with E-state index in [4.69, 9.17) is 0 Å². The van der Waals surface area contributed by atoms with Gasteiger partial charge in [-0.25, -0.2) is 0 Å². The molecule has 0 spiro atoms. The standard InChI is InChI=1S/C24H32N2O2/c1-4-17-25-24(28)22(5-2)26(18-21-13-11-19(3)12-14-21)23(27)16-15-20-9-7-6-8-10-20/h6-14,22H,4-5,15-18H2,1-3H3,(H,25,28)/t22-/m0/s1. The minimum Gasteiger partial charge on any atom is -0.354 e. The molecule has 2 aromatic carbocycles. The Balaban J connectivity index is 2.16. The predicted octanol–water partition coefficient (Wildman–Crippen LogP) is 4.26. The van der Waals surface area contributed by atoms with Crippen LogP contribution >= 0.6 is 0 Å². The molecule has 1 atom stereocenters. The summed E-state index contributed by atoms with van der Waals surface area (Å²) in [6.45, 7) is 7.11. The van der Waals surface area contributed by atoms with E-state index in [2.05, 4.69) is 5.32 Å². The van der Waals surface area contributed by atoms with Crippen LogP contribution in [0.15, 0.2) is 54.6 Å². The Morgan fingerprint density at radius 2 is 1.64 bits per heavy atom. The number of carbonyl (C=O) groups excluding carboxylic acids is 2. The number of hydrogen-bond donors (Lipinski definition) is 1. The number of aryl methyl sites for hydroxylation is 2. The van der Waals surface area contributed by atoms with E-state index in [0.717, 1.165) is 17.5 Å². The van der Waals surface area contributed by atoms with Crippen LogP contribution in [0.2, 0.25) is 0 Å². The van der Waals surface area contributed by atoms with Crippen LogP contribution in [0, 0.1) is 6.92 Å². The molecule has 0 unspecified atom stereocenters. The van der Waals surface area contributed by atoms with Crippen LogP contribution in [0.1, 0.15) is 49.8 Å². The van der Waals surface area contributed by atoms with Crippen molar-refractivity contribution in [3.05, 3.63) is 71.3 Å². The zero-order valence-corrected chi connectivity index (χ0v) is 17.3. The van der Waals surface area contributed by atoms with Crippen molar-refractivity contribution in [2.45, 2.75) is 59.0 Å². The van der Waals surface area contributed by atoms with Crippen LogP contribution in [-0.4, -0.2) is 29.3 Å². The lowest BCUT2D eigenvalue weighted by molar-refractivity contribution is -0.141. The van der Waals surface area contributed by atoms with E-state index < -0.39 is 6.04 Å². The molecule has 0 heterocycles. The van der Waals surface area contributed by atoms with Crippen LogP contribution in [-0.2, 0) is 22.6 Å². The molecule has 28 heavy (non-hydrogen) atoms. The topological polar surface area (TPSA) is 49.4 Å². The Bertz CT molecular complexity index is 741. The average molecular weight is 381 g/mol. The number of amides is 2. The second kappa shape index (κ2) is 11.3. The van der Waals surface area contributed by atoms with Crippen LogP contribution in [0.5, 0.6) is 0 Å². The van der Waals surface area contributed by atoms with E-state index in [-0.39, 0.29) is 11.8 Å². The van der Waals surface area contributed by atoms with Gasteiger partial charge in [-0.15, -0.1) is 0 Å². The molecule has 0 radical (unpaired) electrons. The molecular weight excluding hydrogens is 348 g/mol. The Kier molecular flexibility index (Phi) is 8.73. The van der Waals surface area contributed by atoms with Crippen LogP contribution < -0.4 is 5.32 Å². The maximum Gasteiger partial charge on any atom is 0.242 e. The average Bonchev–Trinajstić information content (AvgIpc) is 2.72. The van der Waals surface area contributed by atoms with Gasteiger partial charge in [-0.2, -0.15) is 0 Å². The van der Waals surface area contributed by atoms with E-state index in [0.29, 0.717) is 32.4 Å². The first-order valence-electron chi connectivity index (χ1n) is 10.2. The lowest BCUT2D eigenvalue weighted by atomic mass is 10.1. The number of nitrogens with one attached hydrogen (secondary N) is 1. The lowest BCUT2D eigenvalue weighted by Crippen LogP contribution is -2.49. The number of nitrogens with zero attached hydrogens (tertiary/aromatic N) is 1. The summed E-state index contributed by atoms with van der Waals surface area (Å²) in [7, 11) is 0. The fourth-order valence-electron chi connectivity index (χ4n) is 3.22. The molecule has 4 nitrogen and oxygen atoms in total. The summed E-state index contributed by atoms with van der Waals surface area (Å²) in [6, 6.07) is 17.7. The first-order chi connectivity index (χ1) is 13.5. The van der Waals surface area contributed by atoms with Gasteiger partial charge in [-0.1, -0.05) is 74.0 Å². The van der Waals surface area contributed by atoms with Crippen molar-refractivity contribution in [2.24, 2.45) is 0 Å². The van der Waals surface area contributed by atoms with Crippen LogP contribution in [0.4, 0.5) is 0 Å². The fraction of sp³-hybridized carbons (Fsp3) is 0.417. The summed E-state index contributed by atoms with van der Waals surface area (Å²) in [5, 5.41) is 2.95. The number of benzene rings is 2. The summed E-state index contributed by atoms with van der Waals surface area (Å²) < 4.78 is 0. The molecule has 0 saturated heterocycles. The van der Waals surface area contributed by atoms with E-state index in [9.17, 15) is 9.59 Å². The molecule has 0 saturated carbocycles. The van der Waals surface area contributed by atoms with Crippen molar-refractivity contribution >= 4 is 11.8 Å². The highest BCUT2D eigenvalue weighted by molar-refractivity contribution is 5.87. The summed E-state index contributed by atoms with van der Waals surface area (Å²) in [5.41, 5.74) is 3.36. The van der Waals surface area contributed by atoms with Gasteiger partial charge in [0.05, 0.1) is 0 Å². The maximum atomic E-state index is 13.1. The molecule has 0 aromatic heterocycles. The van der Waals surface area contributed by atoms with Crippen molar-refractivity contribution in [1.82, 2.24) is 10.2 Å². The number of hydrogen-bond acceptors (Lipinski definition) is 2. The molecule has 0 bridgehead atoms. The van der Waals surface area contributed by atoms with Gasteiger partial charge in [0.15, 0.2) is 0 Å². The zero-order valence-electron chi connectivity index (χ0n) is 17.3. The van der Waals surface area contributed by atoms with Crippen molar-refractivity contribution in [3.8, 4) is 0 Å². The first kappa shape index (κ1) is 21.7. The highest BCUT2D eigenvalue weighted by Gasteiger charge is 2.28. The Hall–Kier alpha value is -2.62. The van der Waals surface area contributed by atoms with Gasteiger partial charge in [0.1, 0.15) is 6.04 Å². The zero-order chi connectivity index (χ0) is 20.4. The van der Waals surface area contributed by atoms with Gasteiger partial charge in [0.25, 0.3) is 0 Å². The third kappa shape index (κ3) is 6.52. The highest BCUT2D eigenvalue weighted by atomic mass is 16.2. The molecule has 0 fully saturated rings. The van der Waals surface area contributed by atoms with Crippen molar-refractivity contribution in [2.75, 3.05) is 6.54 Å². The molecule has 2 rings (SSSR count). The number of rotatable bonds is 10. The van der Waals surface area contributed by atoms with Crippen molar-refractivity contribution in [1.29, 1.82) is 0 Å². The Labute approximate surface area is 169 Å². The van der Waals surface area contributed by atoms with Gasteiger partial charge < -0.3 is 10.2 Å². The summed E-state index contributed by atoms with van der Waals surface area (Å²) >= 11 is 0. The van der Waals surface area contributed by atoms with Gasteiger partial charge in [-0.3, -0.25) is 9.59 Å². The first-order valence-corrected chi connectivity index (χ1v) is 10.2. The van der Waals surface area contributed by atoms with Crippen molar-refractivity contribution < 1.29 is 9.59 Å². The second-order valence-electron chi connectivity index (χ2n) is 7.21. The summed E-state index contributed by atoms with van der Waals surface area (Å²) in [6.07, 6.45) is 2.55. The molecule has 1 N–H and O–H groups in total. The van der Waals surface area contributed by atoms with E-state index in [1.54, 1.807) is 4.90 Å². The molecule has 0 aliphatic heterocycles. The predicted molar refractivity (Wildman–Crippen MR) is 114 cm³/mol. The third-order valence-corrected chi connectivity index (χ3v) is 4.88. The smallest absolute Gasteiger partial charge is 0.242 e. The molecule has 0 aliphatic rings. The lowest BCUT2D eigenvalue weighted by Gasteiger charge is -2.31. The molecular formula is C24H32N2O2. The van der Waals surface area contributed by atoms with Crippen LogP contribution in [0.25, 0.3) is 0 Å². The number of carbonyl (C=O) groups is 2. The fourth-order valence-corrected chi connectivity index (χ4v) is 3.22. The van der Waals surface area contributed by atoms with Gasteiger partial charge in [0, 0.05) is 19.5 Å². The molecule has 4 heteroatoms. The molecule has 0 aliphatic carbocycles. The van der Waals surface area contributed by atoms with Gasteiger partial charge in [0.2, 0.25) is 11.8 Å². The van der Waals surface area contributed by atoms with Gasteiger partial charge >= 0.3 is 0 Å². The highest BCUT2D eigenvalue weighted by Crippen LogP contribution is 2.15. The van der Waals surface area contributed by atoms with Gasteiger partial charge in [-0.05, 0) is 37.3 Å². The molecule has 150 valence electrons. The molecule has 2 amide bonds. The summed E-state index contributed by atoms with van der Waals surface area (Å²) in [4.78, 5) is 27.6. The maximum absolute atomic E-state index is 13.1. The normalized spacial score (nSPS) is 11.7. The molecule has 2 aromatic rings. The van der Waals surface area contributed by atoms with E-state index in [1.807, 2.05) is 75.4 Å². The summed E-state index contributed by atoms with van der Waals surface area (Å²) in [5.74, 6) is -0.0487. The van der Waals surface area contributed by atoms with Crippen molar-refractivity contribution in [3.63, 3.8) is 0 Å². The minimum absolute atomic E-state index is 0.0166. The monoisotopic (exact) mass is 380 g/mol. The quantitative estimate of drug-likeness (QED) is 0.669. The van der Waals surface area contributed by atoms with E-state index in [1.165, 1.54) is 5.56 Å². The Morgan fingerprint density at radius 1 is 0.964 bits per heavy atom. The SMILES string of the molecule is CCCNC(=O)[C@H](CC)N(Cc1ccc(C)cc1)C(=O)CCc1ccccc1. The second-order valence-corrected chi connectivity index (χ2v) is 7.21. The van der Waals surface area contributed by atoms with E-state index >= 15 is 0 Å². The third-order valence-electron chi connectivity index (χ3n) is 4.88.